The van der Waals surface area contributed by atoms with Crippen LogP contribution in [0.3, 0.4) is 0 Å². The molecule has 0 spiro atoms. The normalized spacial score (nSPS) is 22.4. The third-order valence-electron chi connectivity index (χ3n) is 3.15. The van der Waals surface area contributed by atoms with Crippen LogP contribution < -0.4 is 0 Å². The largest absolute Gasteiger partial charge is 0.391 e. The maximum Gasteiger partial charge on any atom is 0.244 e. The van der Waals surface area contributed by atoms with Crippen molar-refractivity contribution in [2.24, 2.45) is 0 Å². The van der Waals surface area contributed by atoms with Gasteiger partial charge in [0.25, 0.3) is 0 Å². The zero-order chi connectivity index (χ0) is 14.0. The van der Waals surface area contributed by atoms with E-state index < -0.39 is 10.0 Å². The van der Waals surface area contributed by atoms with Gasteiger partial charge in [-0.1, -0.05) is 0 Å². The number of aryl methyl sites for hydroxylation is 1. The summed E-state index contributed by atoms with van der Waals surface area (Å²) in [5, 5.41) is 11.1. The predicted octanol–water partition coefficient (Wildman–Crippen LogP) is 1.35. The molecule has 0 radical (unpaired) electrons. The number of nitrogens with zero attached hydrogens (tertiary/aromatic N) is 1. The Balaban J connectivity index is 2.38. The molecular formula is C12H19NO4S2. The Kier molecular flexibility index (Phi) is 4.62. The van der Waals surface area contributed by atoms with Crippen LogP contribution in [0, 0.1) is 6.92 Å². The van der Waals surface area contributed by atoms with Crippen LogP contribution in [-0.4, -0.2) is 43.6 Å². The fourth-order valence-corrected chi connectivity index (χ4v) is 5.41. The van der Waals surface area contributed by atoms with Gasteiger partial charge in [0.15, 0.2) is 0 Å². The topological polar surface area (TPSA) is 66.8 Å². The molecule has 1 unspecified atom stereocenters. The molecule has 19 heavy (non-hydrogen) atoms. The minimum absolute atomic E-state index is 0.103. The SMILES string of the molecule is Cc1csc(CO)c1S(=O)(=O)N1CCCOC(C)C1. The molecule has 1 aromatic rings. The zero-order valence-electron chi connectivity index (χ0n) is 11.1. The highest BCUT2D eigenvalue weighted by Gasteiger charge is 2.31. The van der Waals surface area contributed by atoms with Gasteiger partial charge in [-0.05, 0) is 31.2 Å². The van der Waals surface area contributed by atoms with Crippen LogP contribution in [0.2, 0.25) is 0 Å². The second-order valence-corrected chi connectivity index (χ2v) is 7.57. The summed E-state index contributed by atoms with van der Waals surface area (Å²) in [5.41, 5.74) is 0.701. The fraction of sp³-hybridized carbons (Fsp3) is 0.667. The Morgan fingerprint density at radius 3 is 3.00 bits per heavy atom. The summed E-state index contributed by atoms with van der Waals surface area (Å²) in [6.45, 7) is 4.81. The lowest BCUT2D eigenvalue weighted by Crippen LogP contribution is -2.36. The van der Waals surface area contributed by atoms with Crippen molar-refractivity contribution in [2.45, 2.75) is 37.9 Å². The van der Waals surface area contributed by atoms with Crippen LogP contribution in [0.15, 0.2) is 10.3 Å². The highest BCUT2D eigenvalue weighted by Crippen LogP contribution is 2.30. The maximum atomic E-state index is 12.7. The molecule has 2 rings (SSSR count). The van der Waals surface area contributed by atoms with Gasteiger partial charge in [0.2, 0.25) is 10.0 Å². The Bertz CT molecular complexity index is 538. The van der Waals surface area contributed by atoms with Crippen molar-refractivity contribution in [2.75, 3.05) is 19.7 Å². The van der Waals surface area contributed by atoms with Gasteiger partial charge in [0.05, 0.1) is 17.6 Å². The van der Waals surface area contributed by atoms with E-state index in [2.05, 4.69) is 0 Å². The molecule has 7 heteroatoms. The molecule has 1 saturated heterocycles. The molecular weight excluding hydrogens is 286 g/mol. The Morgan fingerprint density at radius 2 is 2.32 bits per heavy atom. The van der Waals surface area contributed by atoms with E-state index in [1.165, 1.54) is 15.6 Å². The van der Waals surface area contributed by atoms with Gasteiger partial charge in [0, 0.05) is 19.7 Å². The standard InChI is InChI=1S/C12H19NO4S2/c1-9-8-18-11(7-14)12(9)19(15,16)13-4-3-5-17-10(2)6-13/h8,10,14H,3-7H2,1-2H3. The average Bonchev–Trinajstić information content (AvgIpc) is 2.59. The molecule has 0 aromatic carbocycles. The first-order valence-corrected chi connectivity index (χ1v) is 8.58. The average molecular weight is 305 g/mol. The lowest BCUT2D eigenvalue weighted by Gasteiger charge is -2.22. The summed E-state index contributed by atoms with van der Waals surface area (Å²) in [4.78, 5) is 0.782. The van der Waals surface area contributed by atoms with Gasteiger partial charge in [-0.25, -0.2) is 8.42 Å². The number of hydrogen-bond acceptors (Lipinski definition) is 5. The first-order chi connectivity index (χ1) is 8.96. The van der Waals surface area contributed by atoms with Gasteiger partial charge < -0.3 is 9.84 Å². The van der Waals surface area contributed by atoms with Gasteiger partial charge in [-0.2, -0.15) is 4.31 Å². The zero-order valence-corrected chi connectivity index (χ0v) is 12.8. The number of thiophene rings is 1. The molecule has 0 bridgehead atoms. The molecule has 1 aliphatic heterocycles. The predicted molar refractivity (Wildman–Crippen MR) is 73.8 cm³/mol. The van der Waals surface area contributed by atoms with E-state index in [0.717, 1.165) is 0 Å². The summed E-state index contributed by atoms with van der Waals surface area (Å²) in [7, 11) is -3.54. The van der Waals surface area contributed by atoms with Crippen LogP contribution >= 0.6 is 11.3 Å². The third kappa shape index (κ3) is 3.00. The summed E-state index contributed by atoms with van der Waals surface area (Å²) in [6.07, 6.45) is 0.593. The van der Waals surface area contributed by atoms with E-state index in [-0.39, 0.29) is 17.6 Å². The van der Waals surface area contributed by atoms with Crippen LogP contribution in [0.4, 0.5) is 0 Å². The number of sulfonamides is 1. The first kappa shape index (κ1) is 14.9. The lowest BCUT2D eigenvalue weighted by molar-refractivity contribution is 0.0752. The van der Waals surface area contributed by atoms with Gasteiger partial charge in [-0.3, -0.25) is 0 Å². The van der Waals surface area contributed by atoms with E-state index in [0.29, 0.717) is 36.6 Å². The van der Waals surface area contributed by atoms with Crippen LogP contribution in [0.1, 0.15) is 23.8 Å². The molecule has 1 atom stereocenters. The summed E-state index contributed by atoms with van der Waals surface area (Å²) in [5.74, 6) is 0. The molecule has 1 N–H and O–H groups in total. The molecule has 1 aliphatic rings. The second kappa shape index (κ2) is 5.88. The molecule has 1 aromatic heterocycles. The smallest absolute Gasteiger partial charge is 0.244 e. The van der Waals surface area contributed by atoms with E-state index in [4.69, 9.17) is 4.74 Å². The number of aliphatic hydroxyl groups is 1. The fourth-order valence-electron chi connectivity index (χ4n) is 2.25. The maximum absolute atomic E-state index is 12.7. The number of hydrogen-bond donors (Lipinski definition) is 1. The molecule has 0 saturated carbocycles. The van der Waals surface area contributed by atoms with Crippen LogP contribution in [-0.2, 0) is 21.4 Å². The van der Waals surface area contributed by atoms with Gasteiger partial charge >= 0.3 is 0 Å². The first-order valence-electron chi connectivity index (χ1n) is 6.26. The molecule has 108 valence electrons. The van der Waals surface area contributed by atoms with Gasteiger partial charge in [-0.15, -0.1) is 11.3 Å². The Morgan fingerprint density at radius 1 is 1.58 bits per heavy atom. The lowest BCUT2D eigenvalue weighted by atomic mass is 10.3. The van der Waals surface area contributed by atoms with Crippen molar-refractivity contribution in [3.05, 3.63) is 15.8 Å². The summed E-state index contributed by atoms with van der Waals surface area (Å²) in [6, 6.07) is 0. The summed E-state index contributed by atoms with van der Waals surface area (Å²) < 4.78 is 32.4. The van der Waals surface area contributed by atoms with Gasteiger partial charge in [0.1, 0.15) is 4.90 Å². The molecule has 0 aliphatic carbocycles. The van der Waals surface area contributed by atoms with Crippen molar-refractivity contribution in [1.29, 1.82) is 0 Å². The molecule has 2 heterocycles. The van der Waals surface area contributed by atoms with Crippen LogP contribution in [0.25, 0.3) is 0 Å². The minimum atomic E-state index is -3.54. The van der Waals surface area contributed by atoms with E-state index in [9.17, 15) is 13.5 Å². The number of aliphatic hydroxyl groups excluding tert-OH is 1. The second-order valence-electron chi connectivity index (χ2n) is 4.73. The van der Waals surface area contributed by atoms with E-state index >= 15 is 0 Å². The van der Waals surface area contributed by atoms with E-state index in [1.807, 2.05) is 6.92 Å². The van der Waals surface area contributed by atoms with Crippen molar-refractivity contribution >= 4 is 21.4 Å². The molecule has 5 nitrogen and oxygen atoms in total. The molecule has 1 fully saturated rings. The summed E-state index contributed by atoms with van der Waals surface area (Å²) >= 11 is 1.29. The van der Waals surface area contributed by atoms with Crippen LogP contribution in [0.5, 0.6) is 0 Å². The van der Waals surface area contributed by atoms with Crippen molar-refractivity contribution in [1.82, 2.24) is 4.31 Å². The Labute approximate surface area is 117 Å². The van der Waals surface area contributed by atoms with E-state index in [1.54, 1.807) is 12.3 Å². The Hall–Kier alpha value is -0.470. The van der Waals surface area contributed by atoms with Crippen molar-refractivity contribution < 1.29 is 18.3 Å². The highest BCUT2D eigenvalue weighted by atomic mass is 32.2. The minimum Gasteiger partial charge on any atom is -0.391 e. The van der Waals surface area contributed by atoms with Crippen molar-refractivity contribution in [3.8, 4) is 0 Å². The number of ether oxygens (including phenoxy) is 1. The highest BCUT2D eigenvalue weighted by molar-refractivity contribution is 7.89. The monoisotopic (exact) mass is 305 g/mol. The molecule has 0 amide bonds. The quantitative estimate of drug-likeness (QED) is 0.915. The number of rotatable bonds is 3. The third-order valence-corrected chi connectivity index (χ3v) is 6.46. The van der Waals surface area contributed by atoms with Crippen molar-refractivity contribution in [3.63, 3.8) is 0 Å².